The largest absolute Gasteiger partial charge is 0.345 e. The van der Waals surface area contributed by atoms with E-state index in [1.54, 1.807) is 0 Å². The number of fused-ring (bicyclic) bond motifs is 1. The number of rotatable bonds is 2. The van der Waals surface area contributed by atoms with Gasteiger partial charge in [0.2, 0.25) is 0 Å². The van der Waals surface area contributed by atoms with Gasteiger partial charge in [0.05, 0.1) is 0 Å². The van der Waals surface area contributed by atoms with Crippen molar-refractivity contribution in [3.05, 3.63) is 36.0 Å². The Hall–Kier alpha value is -1.28. The topological polar surface area (TPSA) is 17.0 Å². The van der Waals surface area contributed by atoms with Gasteiger partial charge in [0, 0.05) is 30.2 Å². The molecule has 2 aromatic rings. The minimum atomic E-state index is 0.691. The monoisotopic (exact) mass is 228 g/mol. The Morgan fingerprint density at radius 1 is 1.35 bits per heavy atom. The summed E-state index contributed by atoms with van der Waals surface area (Å²) in [6.07, 6.45) is 2.62. The molecule has 0 spiro atoms. The molecule has 2 heteroatoms. The third kappa shape index (κ3) is 1.87. The van der Waals surface area contributed by atoms with Crippen LogP contribution in [0, 0.1) is 0 Å². The van der Waals surface area contributed by atoms with Crippen molar-refractivity contribution < 1.29 is 0 Å². The standard InChI is InChI=1S/C15H20N2/c1-2-17-14-8-4-3-6-12(14)10-15(17)13-7-5-9-16-11-13/h3-4,6,8,10,13,16H,2,5,7,9,11H2,1H3. The molecule has 1 atom stereocenters. The number of nitrogens with one attached hydrogen (secondary N) is 1. The first-order chi connectivity index (χ1) is 8.40. The Labute approximate surface area is 103 Å². The van der Waals surface area contributed by atoms with Gasteiger partial charge < -0.3 is 9.88 Å². The lowest BCUT2D eigenvalue weighted by atomic mass is 9.96. The zero-order chi connectivity index (χ0) is 11.7. The summed E-state index contributed by atoms with van der Waals surface area (Å²) in [5.41, 5.74) is 2.90. The average molecular weight is 228 g/mol. The molecule has 0 radical (unpaired) electrons. The summed E-state index contributed by atoms with van der Waals surface area (Å²) < 4.78 is 2.48. The van der Waals surface area contributed by atoms with Crippen LogP contribution in [0.25, 0.3) is 10.9 Å². The summed E-state index contributed by atoms with van der Waals surface area (Å²) >= 11 is 0. The molecule has 1 N–H and O–H groups in total. The van der Waals surface area contributed by atoms with Crippen molar-refractivity contribution in [3.63, 3.8) is 0 Å². The maximum Gasteiger partial charge on any atom is 0.0482 e. The Morgan fingerprint density at radius 3 is 3.00 bits per heavy atom. The van der Waals surface area contributed by atoms with E-state index in [4.69, 9.17) is 0 Å². The molecule has 0 saturated carbocycles. The molecular weight excluding hydrogens is 208 g/mol. The first kappa shape index (κ1) is 10.8. The van der Waals surface area contributed by atoms with Crippen molar-refractivity contribution in [3.8, 4) is 0 Å². The minimum Gasteiger partial charge on any atom is -0.345 e. The molecule has 0 bridgehead atoms. The number of aromatic nitrogens is 1. The maximum absolute atomic E-state index is 3.52. The molecule has 1 aliphatic rings. The van der Waals surface area contributed by atoms with Gasteiger partial charge in [-0.25, -0.2) is 0 Å². The molecule has 1 unspecified atom stereocenters. The van der Waals surface area contributed by atoms with Crippen LogP contribution in [-0.2, 0) is 6.54 Å². The highest BCUT2D eigenvalue weighted by molar-refractivity contribution is 5.81. The minimum absolute atomic E-state index is 0.691. The van der Waals surface area contributed by atoms with E-state index in [0.717, 1.165) is 13.1 Å². The molecule has 3 rings (SSSR count). The number of hydrogen-bond acceptors (Lipinski definition) is 1. The number of para-hydroxylation sites is 1. The zero-order valence-electron chi connectivity index (χ0n) is 10.4. The molecule has 1 aliphatic heterocycles. The normalized spacial score (nSPS) is 20.9. The molecule has 1 saturated heterocycles. The van der Waals surface area contributed by atoms with E-state index in [1.165, 1.54) is 36.0 Å². The van der Waals surface area contributed by atoms with E-state index in [9.17, 15) is 0 Å². The van der Waals surface area contributed by atoms with Crippen LogP contribution in [0.1, 0.15) is 31.4 Å². The molecule has 1 aromatic heterocycles. The van der Waals surface area contributed by atoms with Crippen LogP contribution in [-0.4, -0.2) is 17.7 Å². The predicted octanol–water partition coefficient (Wildman–Crippen LogP) is 3.13. The highest BCUT2D eigenvalue weighted by Crippen LogP contribution is 2.29. The van der Waals surface area contributed by atoms with E-state index < -0.39 is 0 Å². The molecule has 0 amide bonds. The van der Waals surface area contributed by atoms with E-state index in [2.05, 4.69) is 47.1 Å². The van der Waals surface area contributed by atoms with Crippen molar-refractivity contribution in [2.45, 2.75) is 32.2 Å². The van der Waals surface area contributed by atoms with Crippen molar-refractivity contribution in [1.82, 2.24) is 9.88 Å². The van der Waals surface area contributed by atoms with Gasteiger partial charge >= 0.3 is 0 Å². The fourth-order valence-corrected chi connectivity index (χ4v) is 3.03. The number of hydrogen-bond donors (Lipinski definition) is 1. The van der Waals surface area contributed by atoms with Gasteiger partial charge in [-0.15, -0.1) is 0 Å². The number of piperidine rings is 1. The highest BCUT2D eigenvalue weighted by Gasteiger charge is 2.19. The Kier molecular flexibility index (Phi) is 2.89. The van der Waals surface area contributed by atoms with Gasteiger partial charge in [-0.2, -0.15) is 0 Å². The summed E-state index contributed by atoms with van der Waals surface area (Å²) in [6.45, 7) is 5.63. The van der Waals surface area contributed by atoms with Crippen LogP contribution in [0.4, 0.5) is 0 Å². The van der Waals surface area contributed by atoms with Crippen LogP contribution in [0.15, 0.2) is 30.3 Å². The predicted molar refractivity (Wildman–Crippen MR) is 72.5 cm³/mol. The number of nitrogens with zero attached hydrogens (tertiary/aromatic N) is 1. The van der Waals surface area contributed by atoms with Crippen molar-refractivity contribution >= 4 is 10.9 Å². The summed E-state index contributed by atoms with van der Waals surface area (Å²) in [5.74, 6) is 0.691. The molecule has 2 heterocycles. The van der Waals surface area contributed by atoms with Gasteiger partial charge in [-0.3, -0.25) is 0 Å². The first-order valence-electron chi connectivity index (χ1n) is 6.69. The summed E-state index contributed by atoms with van der Waals surface area (Å²) in [7, 11) is 0. The first-order valence-corrected chi connectivity index (χ1v) is 6.69. The maximum atomic E-state index is 3.52. The number of aryl methyl sites for hydroxylation is 1. The fraction of sp³-hybridized carbons (Fsp3) is 0.467. The van der Waals surface area contributed by atoms with E-state index in [-0.39, 0.29) is 0 Å². The molecule has 2 nitrogen and oxygen atoms in total. The lowest BCUT2D eigenvalue weighted by Gasteiger charge is -2.24. The molecule has 17 heavy (non-hydrogen) atoms. The smallest absolute Gasteiger partial charge is 0.0482 e. The van der Waals surface area contributed by atoms with E-state index in [0.29, 0.717) is 5.92 Å². The van der Waals surface area contributed by atoms with Gasteiger partial charge in [0.25, 0.3) is 0 Å². The van der Waals surface area contributed by atoms with Crippen LogP contribution in [0.3, 0.4) is 0 Å². The van der Waals surface area contributed by atoms with Gasteiger partial charge in [0.1, 0.15) is 0 Å². The molecular formula is C15H20N2. The fourth-order valence-electron chi connectivity index (χ4n) is 3.03. The summed E-state index contributed by atoms with van der Waals surface area (Å²) in [5, 5.41) is 4.90. The van der Waals surface area contributed by atoms with Crippen molar-refractivity contribution in [2.75, 3.05) is 13.1 Å². The molecule has 1 fully saturated rings. The SMILES string of the molecule is CCn1c(C2CCCNC2)cc2ccccc21. The third-order valence-corrected chi connectivity index (χ3v) is 3.87. The molecule has 90 valence electrons. The summed E-state index contributed by atoms with van der Waals surface area (Å²) in [6, 6.07) is 11.1. The lowest BCUT2D eigenvalue weighted by molar-refractivity contribution is 0.444. The van der Waals surface area contributed by atoms with Crippen molar-refractivity contribution in [1.29, 1.82) is 0 Å². The second kappa shape index (κ2) is 4.53. The van der Waals surface area contributed by atoms with E-state index >= 15 is 0 Å². The average Bonchev–Trinajstić information content (AvgIpc) is 2.78. The Bertz CT molecular complexity index is 507. The quantitative estimate of drug-likeness (QED) is 0.835. The molecule has 1 aromatic carbocycles. The van der Waals surface area contributed by atoms with Crippen LogP contribution in [0.2, 0.25) is 0 Å². The van der Waals surface area contributed by atoms with Crippen LogP contribution < -0.4 is 5.32 Å². The van der Waals surface area contributed by atoms with Crippen LogP contribution >= 0.6 is 0 Å². The number of benzene rings is 1. The van der Waals surface area contributed by atoms with Gasteiger partial charge in [-0.1, -0.05) is 18.2 Å². The van der Waals surface area contributed by atoms with Gasteiger partial charge in [0.15, 0.2) is 0 Å². The Balaban J connectivity index is 2.08. The van der Waals surface area contributed by atoms with Crippen LogP contribution in [0.5, 0.6) is 0 Å². The highest BCUT2D eigenvalue weighted by atomic mass is 15.0. The molecule has 0 aliphatic carbocycles. The van der Waals surface area contributed by atoms with Gasteiger partial charge in [-0.05, 0) is 43.8 Å². The summed E-state index contributed by atoms with van der Waals surface area (Å²) in [4.78, 5) is 0. The second-order valence-corrected chi connectivity index (χ2v) is 4.92. The second-order valence-electron chi connectivity index (χ2n) is 4.92. The third-order valence-electron chi connectivity index (χ3n) is 3.87. The Morgan fingerprint density at radius 2 is 2.24 bits per heavy atom. The van der Waals surface area contributed by atoms with E-state index in [1.807, 2.05) is 0 Å². The lowest BCUT2D eigenvalue weighted by Crippen LogP contribution is -2.29. The van der Waals surface area contributed by atoms with Crippen molar-refractivity contribution in [2.24, 2.45) is 0 Å². The zero-order valence-corrected chi connectivity index (χ0v) is 10.4.